The van der Waals surface area contributed by atoms with E-state index in [1.165, 1.54) is 19.1 Å². The van der Waals surface area contributed by atoms with E-state index in [1.807, 2.05) is 0 Å². The molecule has 0 bridgehead atoms. The predicted octanol–water partition coefficient (Wildman–Crippen LogP) is 2.25. The van der Waals surface area contributed by atoms with E-state index in [2.05, 4.69) is 5.32 Å². The zero-order valence-corrected chi connectivity index (χ0v) is 8.56. The molecular formula is C11H10F3NO. The van der Waals surface area contributed by atoms with Crippen LogP contribution in [0.5, 0.6) is 0 Å². The summed E-state index contributed by atoms with van der Waals surface area (Å²) in [6.07, 6.45) is 2.71. The first-order valence-corrected chi connectivity index (χ1v) is 4.57. The molecule has 1 aromatic carbocycles. The lowest BCUT2D eigenvalue weighted by molar-refractivity contribution is -0.118. The van der Waals surface area contributed by atoms with Crippen molar-refractivity contribution in [3.05, 3.63) is 41.2 Å². The van der Waals surface area contributed by atoms with Crippen LogP contribution < -0.4 is 5.32 Å². The Kier molecular flexibility index (Phi) is 4.10. The van der Waals surface area contributed by atoms with Gasteiger partial charge in [-0.05, 0) is 12.1 Å². The summed E-state index contributed by atoms with van der Waals surface area (Å²) in [4.78, 5) is 10.5. The third-order valence-corrected chi connectivity index (χ3v) is 1.83. The molecule has 0 fully saturated rings. The maximum absolute atomic E-state index is 13.1. The number of benzene rings is 1. The number of carbonyl (C=O) groups excluding carboxylic acids is 1. The van der Waals surface area contributed by atoms with Crippen LogP contribution in [0.1, 0.15) is 12.5 Å². The molecule has 0 atom stereocenters. The molecule has 1 aromatic rings. The second kappa shape index (κ2) is 5.34. The lowest BCUT2D eigenvalue weighted by atomic mass is 10.2. The van der Waals surface area contributed by atoms with Crippen LogP contribution in [0.2, 0.25) is 0 Å². The van der Waals surface area contributed by atoms with Crippen molar-refractivity contribution < 1.29 is 18.0 Å². The predicted molar refractivity (Wildman–Crippen MR) is 54.0 cm³/mol. The van der Waals surface area contributed by atoms with Gasteiger partial charge >= 0.3 is 0 Å². The molecule has 1 N–H and O–H groups in total. The molecule has 1 amide bonds. The van der Waals surface area contributed by atoms with Gasteiger partial charge < -0.3 is 5.32 Å². The Hall–Kier alpha value is -1.78. The van der Waals surface area contributed by atoms with Gasteiger partial charge in [0, 0.05) is 19.0 Å². The van der Waals surface area contributed by atoms with Crippen LogP contribution in [0, 0.1) is 17.5 Å². The fourth-order valence-corrected chi connectivity index (χ4v) is 1.06. The maximum atomic E-state index is 13.1. The largest absolute Gasteiger partial charge is 0.353 e. The Balaban J connectivity index is 2.74. The quantitative estimate of drug-likeness (QED) is 0.791. The van der Waals surface area contributed by atoms with Crippen molar-refractivity contribution >= 4 is 12.0 Å². The Morgan fingerprint density at radius 2 is 2.00 bits per heavy atom. The van der Waals surface area contributed by atoms with Crippen molar-refractivity contribution in [2.24, 2.45) is 0 Å². The third-order valence-electron chi connectivity index (χ3n) is 1.83. The van der Waals surface area contributed by atoms with E-state index < -0.39 is 17.5 Å². The average molecular weight is 229 g/mol. The molecule has 0 aliphatic rings. The first-order valence-electron chi connectivity index (χ1n) is 4.57. The molecule has 0 radical (unpaired) electrons. The fraction of sp³-hybridized carbons (Fsp3) is 0.182. The third kappa shape index (κ3) is 3.12. The molecular weight excluding hydrogens is 219 g/mol. The lowest BCUT2D eigenvalue weighted by Crippen LogP contribution is -2.19. The SMILES string of the molecule is CC(=O)NCC=Cc1ccc(F)c(F)c1F. The molecule has 0 aliphatic heterocycles. The summed E-state index contributed by atoms with van der Waals surface area (Å²) in [7, 11) is 0. The smallest absolute Gasteiger partial charge is 0.217 e. The molecule has 5 heteroatoms. The number of nitrogens with one attached hydrogen (secondary N) is 1. The molecule has 0 aliphatic carbocycles. The molecule has 0 saturated heterocycles. The van der Waals surface area contributed by atoms with Crippen molar-refractivity contribution in [2.45, 2.75) is 6.92 Å². The van der Waals surface area contributed by atoms with Gasteiger partial charge in [0.2, 0.25) is 5.91 Å². The van der Waals surface area contributed by atoms with Crippen LogP contribution in [0.25, 0.3) is 6.08 Å². The van der Waals surface area contributed by atoms with Gasteiger partial charge in [-0.1, -0.05) is 12.2 Å². The van der Waals surface area contributed by atoms with Crippen molar-refractivity contribution in [2.75, 3.05) is 6.54 Å². The van der Waals surface area contributed by atoms with Crippen LogP contribution in [0.3, 0.4) is 0 Å². The highest BCUT2D eigenvalue weighted by Gasteiger charge is 2.10. The molecule has 0 saturated carbocycles. The first-order chi connectivity index (χ1) is 7.52. The molecule has 16 heavy (non-hydrogen) atoms. The minimum absolute atomic E-state index is 0.0655. The molecule has 0 heterocycles. The average Bonchev–Trinajstić information content (AvgIpc) is 2.23. The molecule has 1 rings (SSSR count). The summed E-state index contributed by atoms with van der Waals surface area (Å²) in [5, 5.41) is 2.45. The Morgan fingerprint density at radius 3 is 2.62 bits per heavy atom. The first kappa shape index (κ1) is 12.3. The van der Waals surface area contributed by atoms with Gasteiger partial charge in [0.05, 0.1) is 0 Å². The number of rotatable bonds is 3. The fourth-order valence-electron chi connectivity index (χ4n) is 1.06. The van der Waals surface area contributed by atoms with Gasteiger partial charge in [-0.15, -0.1) is 0 Å². The van der Waals surface area contributed by atoms with Crippen molar-refractivity contribution in [1.82, 2.24) is 5.32 Å². The summed E-state index contributed by atoms with van der Waals surface area (Å²) in [5.74, 6) is -4.19. The Bertz CT molecular complexity index is 429. The summed E-state index contributed by atoms with van der Waals surface area (Å²) >= 11 is 0. The van der Waals surface area contributed by atoms with Crippen molar-refractivity contribution in [1.29, 1.82) is 0 Å². The minimum atomic E-state index is -1.50. The van der Waals surface area contributed by atoms with Crippen molar-refractivity contribution in [3.8, 4) is 0 Å². The van der Waals surface area contributed by atoms with Gasteiger partial charge in [-0.2, -0.15) is 0 Å². The second-order valence-electron chi connectivity index (χ2n) is 3.10. The van der Waals surface area contributed by atoms with E-state index in [9.17, 15) is 18.0 Å². The van der Waals surface area contributed by atoms with E-state index in [1.54, 1.807) is 0 Å². The molecule has 86 valence electrons. The lowest BCUT2D eigenvalue weighted by Gasteiger charge is -1.99. The summed E-state index contributed by atoms with van der Waals surface area (Å²) in [5.41, 5.74) is -0.0655. The number of amides is 1. The van der Waals surface area contributed by atoms with Gasteiger partial charge in [-0.3, -0.25) is 4.79 Å². The highest BCUT2D eigenvalue weighted by Crippen LogP contribution is 2.16. The minimum Gasteiger partial charge on any atom is -0.353 e. The standard InChI is InChI=1S/C11H10F3NO/c1-7(16)15-6-2-3-8-4-5-9(12)11(14)10(8)13/h2-5H,6H2,1H3,(H,15,16). The zero-order valence-electron chi connectivity index (χ0n) is 8.56. The van der Waals surface area contributed by atoms with E-state index in [-0.39, 0.29) is 18.0 Å². The van der Waals surface area contributed by atoms with Gasteiger partial charge in [0.25, 0.3) is 0 Å². The van der Waals surface area contributed by atoms with Crippen LogP contribution >= 0.6 is 0 Å². The highest BCUT2D eigenvalue weighted by molar-refractivity contribution is 5.73. The van der Waals surface area contributed by atoms with Gasteiger partial charge in [-0.25, -0.2) is 13.2 Å². The van der Waals surface area contributed by atoms with E-state index in [4.69, 9.17) is 0 Å². The number of halogens is 3. The van der Waals surface area contributed by atoms with Crippen LogP contribution in [-0.4, -0.2) is 12.5 Å². The van der Waals surface area contributed by atoms with Gasteiger partial charge in [0.15, 0.2) is 17.5 Å². The normalized spacial score (nSPS) is 10.8. The van der Waals surface area contributed by atoms with E-state index >= 15 is 0 Å². The van der Waals surface area contributed by atoms with Crippen LogP contribution in [0.4, 0.5) is 13.2 Å². The molecule has 2 nitrogen and oxygen atoms in total. The number of hydrogen-bond donors (Lipinski definition) is 1. The zero-order chi connectivity index (χ0) is 12.1. The molecule has 0 unspecified atom stereocenters. The maximum Gasteiger partial charge on any atom is 0.217 e. The molecule has 0 aromatic heterocycles. The highest BCUT2D eigenvalue weighted by atomic mass is 19.2. The monoisotopic (exact) mass is 229 g/mol. The Morgan fingerprint density at radius 1 is 1.31 bits per heavy atom. The molecule has 0 spiro atoms. The summed E-state index contributed by atoms with van der Waals surface area (Å²) < 4.78 is 38.4. The topological polar surface area (TPSA) is 29.1 Å². The van der Waals surface area contributed by atoms with E-state index in [0.717, 1.165) is 12.1 Å². The number of carbonyl (C=O) groups is 1. The number of hydrogen-bond acceptors (Lipinski definition) is 1. The summed E-state index contributed by atoms with van der Waals surface area (Å²) in [6.45, 7) is 1.54. The van der Waals surface area contributed by atoms with Crippen LogP contribution in [0.15, 0.2) is 18.2 Å². The van der Waals surface area contributed by atoms with Gasteiger partial charge in [0.1, 0.15) is 0 Å². The van der Waals surface area contributed by atoms with Crippen molar-refractivity contribution in [3.63, 3.8) is 0 Å². The van der Waals surface area contributed by atoms with Crippen LogP contribution in [-0.2, 0) is 4.79 Å². The van der Waals surface area contributed by atoms with E-state index in [0.29, 0.717) is 0 Å². The summed E-state index contributed by atoms with van der Waals surface area (Å²) in [6, 6.07) is 1.97. The Labute approximate surface area is 90.8 Å². The second-order valence-corrected chi connectivity index (χ2v) is 3.10.